The molecule has 0 radical (unpaired) electrons. The first-order valence-corrected chi connectivity index (χ1v) is 6.32. The summed E-state index contributed by atoms with van der Waals surface area (Å²) >= 11 is 6.00. The second kappa shape index (κ2) is 8.09. The first kappa shape index (κ1) is 18.7. The topological polar surface area (TPSA) is 84.2 Å². The Labute approximate surface area is 129 Å². The van der Waals surface area contributed by atoms with Crippen LogP contribution < -0.4 is 16.4 Å². The molecule has 0 fully saturated rings. The van der Waals surface area contributed by atoms with Crippen molar-refractivity contribution in [1.82, 2.24) is 0 Å². The van der Waals surface area contributed by atoms with Gasteiger partial charge in [0.05, 0.1) is 16.8 Å². The van der Waals surface area contributed by atoms with E-state index in [4.69, 9.17) is 17.3 Å². The zero-order valence-electron chi connectivity index (χ0n) is 11.6. The fourth-order valence-corrected chi connectivity index (χ4v) is 1.64. The minimum atomic E-state index is -0.575. The number of amides is 2. The standard InChI is InChI=1S/C13H18ClN3O2.ClH/c1-7(2)12(15)13(19)17-9-4-5-11(10(14)6-9)16-8(3)18;/h4-7,12H,15H2,1-3H3,(H,16,18)(H,17,19);1H/t12-;/m0./s1. The van der Waals surface area contributed by atoms with Gasteiger partial charge in [0.1, 0.15) is 0 Å². The van der Waals surface area contributed by atoms with Crippen molar-refractivity contribution in [2.24, 2.45) is 11.7 Å². The van der Waals surface area contributed by atoms with E-state index in [1.807, 2.05) is 13.8 Å². The number of hydrogen-bond donors (Lipinski definition) is 3. The molecule has 1 aromatic rings. The van der Waals surface area contributed by atoms with Crippen LogP contribution in [-0.4, -0.2) is 17.9 Å². The van der Waals surface area contributed by atoms with E-state index < -0.39 is 6.04 Å². The summed E-state index contributed by atoms with van der Waals surface area (Å²) in [5.41, 5.74) is 6.78. The van der Waals surface area contributed by atoms with Crippen LogP contribution in [0.3, 0.4) is 0 Å². The molecule has 2 amide bonds. The number of nitrogens with two attached hydrogens (primary N) is 1. The fourth-order valence-electron chi connectivity index (χ4n) is 1.41. The van der Waals surface area contributed by atoms with Gasteiger partial charge in [0, 0.05) is 12.6 Å². The third kappa shape index (κ3) is 5.36. The third-order valence-corrected chi connectivity index (χ3v) is 2.88. The maximum Gasteiger partial charge on any atom is 0.241 e. The Balaban J connectivity index is 0.00000361. The number of carbonyl (C=O) groups is 2. The van der Waals surface area contributed by atoms with Crippen molar-refractivity contribution < 1.29 is 9.59 Å². The molecule has 5 nitrogen and oxygen atoms in total. The van der Waals surface area contributed by atoms with E-state index in [0.717, 1.165) is 0 Å². The minimum absolute atomic E-state index is 0. The number of halogens is 2. The molecule has 112 valence electrons. The first-order valence-electron chi connectivity index (χ1n) is 5.95. The highest BCUT2D eigenvalue weighted by molar-refractivity contribution is 6.34. The Morgan fingerprint density at radius 1 is 1.25 bits per heavy atom. The molecular formula is C13H19Cl2N3O2. The summed E-state index contributed by atoms with van der Waals surface area (Å²) in [6.45, 7) is 5.14. The van der Waals surface area contributed by atoms with Crippen LogP contribution in [0.4, 0.5) is 11.4 Å². The Bertz CT molecular complexity index is 493. The Morgan fingerprint density at radius 2 is 1.85 bits per heavy atom. The van der Waals surface area contributed by atoms with Gasteiger partial charge in [-0.3, -0.25) is 9.59 Å². The quantitative estimate of drug-likeness (QED) is 0.797. The summed E-state index contributed by atoms with van der Waals surface area (Å²) < 4.78 is 0. The lowest BCUT2D eigenvalue weighted by Crippen LogP contribution is -2.39. The highest BCUT2D eigenvalue weighted by Crippen LogP contribution is 2.25. The molecule has 1 aromatic carbocycles. The summed E-state index contributed by atoms with van der Waals surface area (Å²) in [4.78, 5) is 22.7. The molecule has 0 aliphatic heterocycles. The van der Waals surface area contributed by atoms with Crippen LogP contribution in [0.1, 0.15) is 20.8 Å². The number of anilines is 2. The van der Waals surface area contributed by atoms with Crippen molar-refractivity contribution in [3.05, 3.63) is 23.2 Å². The molecule has 0 bridgehead atoms. The summed E-state index contributed by atoms with van der Waals surface area (Å²) in [5.74, 6) is -0.423. The fraction of sp³-hybridized carbons (Fsp3) is 0.385. The van der Waals surface area contributed by atoms with E-state index in [-0.39, 0.29) is 30.1 Å². The van der Waals surface area contributed by atoms with Crippen molar-refractivity contribution in [3.63, 3.8) is 0 Å². The summed E-state index contributed by atoms with van der Waals surface area (Å²) in [5, 5.41) is 5.62. The van der Waals surface area contributed by atoms with Crippen LogP contribution in [0.25, 0.3) is 0 Å². The van der Waals surface area contributed by atoms with E-state index in [0.29, 0.717) is 16.4 Å². The van der Waals surface area contributed by atoms with Gasteiger partial charge in [-0.05, 0) is 24.1 Å². The molecule has 0 unspecified atom stereocenters. The van der Waals surface area contributed by atoms with Crippen LogP contribution in [0.5, 0.6) is 0 Å². The Hall–Kier alpha value is -1.30. The van der Waals surface area contributed by atoms with Crippen LogP contribution in [-0.2, 0) is 9.59 Å². The maximum atomic E-state index is 11.8. The van der Waals surface area contributed by atoms with Gasteiger partial charge in [-0.2, -0.15) is 0 Å². The predicted octanol–water partition coefficient (Wildman–Crippen LogP) is 2.64. The van der Waals surface area contributed by atoms with Crippen molar-refractivity contribution in [2.45, 2.75) is 26.8 Å². The molecule has 0 saturated carbocycles. The van der Waals surface area contributed by atoms with E-state index in [1.165, 1.54) is 6.92 Å². The highest BCUT2D eigenvalue weighted by atomic mass is 35.5. The van der Waals surface area contributed by atoms with E-state index >= 15 is 0 Å². The summed E-state index contributed by atoms with van der Waals surface area (Å²) in [7, 11) is 0. The van der Waals surface area contributed by atoms with Gasteiger partial charge in [-0.1, -0.05) is 25.4 Å². The zero-order valence-corrected chi connectivity index (χ0v) is 13.1. The number of hydrogen-bond acceptors (Lipinski definition) is 3. The Kier molecular flexibility index (Phi) is 7.57. The van der Waals surface area contributed by atoms with E-state index in [1.54, 1.807) is 18.2 Å². The van der Waals surface area contributed by atoms with Crippen molar-refractivity contribution in [3.8, 4) is 0 Å². The number of rotatable bonds is 4. The van der Waals surface area contributed by atoms with Gasteiger partial charge in [0.15, 0.2) is 0 Å². The molecule has 7 heteroatoms. The average Bonchev–Trinajstić information content (AvgIpc) is 2.31. The highest BCUT2D eigenvalue weighted by Gasteiger charge is 2.17. The molecule has 0 spiro atoms. The predicted molar refractivity (Wildman–Crippen MR) is 84.4 cm³/mol. The van der Waals surface area contributed by atoms with Gasteiger partial charge >= 0.3 is 0 Å². The second-order valence-corrected chi connectivity index (χ2v) is 5.04. The molecule has 0 aliphatic rings. The molecule has 0 aromatic heterocycles. The molecule has 20 heavy (non-hydrogen) atoms. The number of benzene rings is 1. The second-order valence-electron chi connectivity index (χ2n) is 4.63. The van der Waals surface area contributed by atoms with Crippen molar-refractivity contribution in [2.75, 3.05) is 10.6 Å². The monoisotopic (exact) mass is 319 g/mol. The normalized spacial score (nSPS) is 11.5. The smallest absolute Gasteiger partial charge is 0.241 e. The van der Waals surface area contributed by atoms with E-state index in [9.17, 15) is 9.59 Å². The summed E-state index contributed by atoms with van der Waals surface area (Å²) in [6, 6.07) is 4.27. The lowest BCUT2D eigenvalue weighted by molar-refractivity contribution is -0.118. The van der Waals surface area contributed by atoms with Gasteiger partial charge in [0.25, 0.3) is 0 Å². The maximum absolute atomic E-state index is 11.8. The molecule has 0 aliphatic carbocycles. The molecule has 4 N–H and O–H groups in total. The van der Waals surface area contributed by atoms with Crippen LogP contribution in [0.15, 0.2) is 18.2 Å². The zero-order chi connectivity index (χ0) is 14.6. The van der Waals surface area contributed by atoms with Crippen LogP contribution in [0.2, 0.25) is 5.02 Å². The van der Waals surface area contributed by atoms with Crippen LogP contribution >= 0.6 is 24.0 Å². The largest absolute Gasteiger partial charge is 0.325 e. The van der Waals surface area contributed by atoms with Crippen molar-refractivity contribution in [1.29, 1.82) is 0 Å². The van der Waals surface area contributed by atoms with Gasteiger partial charge in [-0.15, -0.1) is 12.4 Å². The van der Waals surface area contributed by atoms with Crippen LogP contribution in [0, 0.1) is 5.92 Å². The first-order chi connectivity index (χ1) is 8.81. The molecule has 1 rings (SSSR count). The van der Waals surface area contributed by atoms with Crippen molar-refractivity contribution >= 4 is 47.2 Å². The summed E-state index contributed by atoms with van der Waals surface area (Å²) in [6.07, 6.45) is 0. The SMILES string of the molecule is CC(=O)Nc1ccc(NC(=O)[C@@H](N)C(C)C)cc1Cl.Cl. The molecule has 0 saturated heterocycles. The molecular weight excluding hydrogens is 301 g/mol. The number of carbonyl (C=O) groups excluding carboxylic acids is 2. The third-order valence-electron chi connectivity index (χ3n) is 2.57. The van der Waals surface area contributed by atoms with Gasteiger partial charge < -0.3 is 16.4 Å². The van der Waals surface area contributed by atoms with Gasteiger partial charge in [0.2, 0.25) is 11.8 Å². The Morgan fingerprint density at radius 3 is 2.30 bits per heavy atom. The number of nitrogens with one attached hydrogen (secondary N) is 2. The lowest BCUT2D eigenvalue weighted by Gasteiger charge is -2.16. The minimum Gasteiger partial charge on any atom is -0.325 e. The van der Waals surface area contributed by atoms with Gasteiger partial charge in [-0.25, -0.2) is 0 Å². The van der Waals surface area contributed by atoms with E-state index in [2.05, 4.69) is 10.6 Å². The molecule has 1 atom stereocenters. The molecule has 0 heterocycles. The average molecular weight is 320 g/mol. The lowest BCUT2D eigenvalue weighted by atomic mass is 10.0.